The van der Waals surface area contributed by atoms with E-state index in [4.69, 9.17) is 34.8 Å². The second kappa shape index (κ2) is 9.27. The number of fused-ring (bicyclic) bond motifs is 1. The van der Waals surface area contributed by atoms with Gasteiger partial charge in [0, 0.05) is 27.1 Å². The summed E-state index contributed by atoms with van der Waals surface area (Å²) in [5.41, 5.74) is 1.40. The molecule has 0 radical (unpaired) electrons. The SMILES string of the molecule is O=S(=O)(CNc1cc(Cl)c(Sc2cnc3ccccc3c2)c(Cl)c1)c1ccccc1Cl. The van der Waals surface area contributed by atoms with E-state index in [1.54, 1.807) is 30.5 Å². The van der Waals surface area contributed by atoms with Gasteiger partial charge >= 0.3 is 0 Å². The fourth-order valence-corrected chi connectivity index (χ4v) is 6.15. The molecule has 9 heteroatoms. The van der Waals surface area contributed by atoms with Crippen LogP contribution < -0.4 is 5.32 Å². The van der Waals surface area contributed by atoms with E-state index in [2.05, 4.69) is 10.3 Å². The third-order valence-corrected chi connectivity index (χ3v) is 8.34. The Balaban J connectivity index is 1.53. The molecule has 3 aromatic carbocycles. The molecular weight excluding hydrogens is 495 g/mol. The van der Waals surface area contributed by atoms with Crippen LogP contribution in [-0.2, 0) is 9.84 Å². The van der Waals surface area contributed by atoms with Gasteiger partial charge in [-0.1, -0.05) is 76.9 Å². The molecule has 0 unspecified atom stereocenters. The van der Waals surface area contributed by atoms with Crippen molar-refractivity contribution in [2.45, 2.75) is 14.7 Å². The first-order chi connectivity index (χ1) is 14.8. The van der Waals surface area contributed by atoms with Crippen LogP contribution in [0.15, 0.2) is 87.6 Å². The Morgan fingerprint density at radius 3 is 2.29 bits per heavy atom. The van der Waals surface area contributed by atoms with Crippen molar-refractivity contribution in [1.82, 2.24) is 4.98 Å². The third kappa shape index (κ3) is 5.10. The highest BCUT2D eigenvalue weighted by Crippen LogP contribution is 2.41. The highest BCUT2D eigenvalue weighted by Gasteiger charge is 2.18. The molecule has 31 heavy (non-hydrogen) atoms. The lowest BCUT2D eigenvalue weighted by Gasteiger charge is -2.13. The van der Waals surface area contributed by atoms with Crippen molar-refractivity contribution in [2.75, 3.05) is 11.2 Å². The average Bonchev–Trinajstić information content (AvgIpc) is 2.75. The number of sulfone groups is 1. The fourth-order valence-electron chi connectivity index (χ4n) is 2.94. The van der Waals surface area contributed by atoms with Crippen molar-refractivity contribution in [1.29, 1.82) is 0 Å². The van der Waals surface area contributed by atoms with Gasteiger partial charge in [0.15, 0.2) is 9.84 Å². The smallest absolute Gasteiger partial charge is 0.197 e. The van der Waals surface area contributed by atoms with Gasteiger partial charge in [0.25, 0.3) is 0 Å². The van der Waals surface area contributed by atoms with Gasteiger partial charge in [-0.2, -0.15) is 0 Å². The Morgan fingerprint density at radius 1 is 0.871 bits per heavy atom. The minimum absolute atomic E-state index is 0.0670. The van der Waals surface area contributed by atoms with E-state index >= 15 is 0 Å². The lowest BCUT2D eigenvalue weighted by atomic mass is 10.2. The van der Waals surface area contributed by atoms with Crippen LogP contribution in [0.1, 0.15) is 0 Å². The summed E-state index contributed by atoms with van der Waals surface area (Å²) in [6.07, 6.45) is 1.77. The Kier molecular flexibility index (Phi) is 6.65. The van der Waals surface area contributed by atoms with Gasteiger partial charge in [0.2, 0.25) is 0 Å². The van der Waals surface area contributed by atoms with Crippen LogP contribution in [0.5, 0.6) is 0 Å². The molecule has 0 bridgehead atoms. The standard InChI is InChI=1S/C22H15Cl3N2O2S2/c23-17-6-2-4-8-21(17)31(28,29)13-27-15-10-18(24)22(19(25)11-15)30-16-9-14-5-1-3-7-20(14)26-12-16/h1-12,27H,13H2. The Hall–Kier alpha value is -1.96. The first kappa shape index (κ1) is 22.2. The molecule has 0 aliphatic rings. The summed E-state index contributed by atoms with van der Waals surface area (Å²) in [7, 11) is -3.64. The zero-order valence-corrected chi connectivity index (χ0v) is 19.8. The largest absolute Gasteiger partial charge is 0.371 e. The molecule has 0 fully saturated rings. The van der Waals surface area contributed by atoms with E-state index in [0.29, 0.717) is 20.6 Å². The minimum Gasteiger partial charge on any atom is -0.371 e. The van der Waals surface area contributed by atoms with E-state index in [1.165, 1.54) is 23.9 Å². The van der Waals surface area contributed by atoms with Gasteiger partial charge < -0.3 is 5.32 Å². The van der Waals surface area contributed by atoms with Crippen molar-refractivity contribution >= 4 is 73.0 Å². The predicted molar refractivity (Wildman–Crippen MR) is 129 cm³/mol. The van der Waals surface area contributed by atoms with Gasteiger partial charge in [-0.3, -0.25) is 4.98 Å². The van der Waals surface area contributed by atoms with E-state index in [1.807, 2.05) is 30.3 Å². The van der Waals surface area contributed by atoms with Crippen LogP contribution in [0.25, 0.3) is 10.9 Å². The van der Waals surface area contributed by atoms with E-state index < -0.39 is 9.84 Å². The molecule has 4 rings (SSSR count). The molecule has 0 aliphatic carbocycles. The number of hydrogen-bond acceptors (Lipinski definition) is 5. The summed E-state index contributed by atoms with van der Waals surface area (Å²) < 4.78 is 25.2. The molecule has 4 nitrogen and oxygen atoms in total. The quantitative estimate of drug-likeness (QED) is 0.298. The Morgan fingerprint density at radius 2 is 1.55 bits per heavy atom. The zero-order chi connectivity index (χ0) is 22.0. The molecule has 0 aliphatic heterocycles. The van der Waals surface area contributed by atoms with Gasteiger partial charge in [0.1, 0.15) is 5.88 Å². The second-order valence-electron chi connectivity index (χ2n) is 6.60. The van der Waals surface area contributed by atoms with Crippen molar-refractivity contribution in [2.24, 2.45) is 0 Å². The maximum absolute atomic E-state index is 12.6. The molecule has 0 saturated heterocycles. The minimum atomic E-state index is -3.64. The number of rotatable bonds is 6. The number of benzene rings is 3. The lowest BCUT2D eigenvalue weighted by Crippen LogP contribution is -2.15. The van der Waals surface area contributed by atoms with Gasteiger partial charge in [-0.05, 0) is 36.4 Å². The van der Waals surface area contributed by atoms with Gasteiger partial charge in [-0.15, -0.1) is 0 Å². The summed E-state index contributed by atoms with van der Waals surface area (Å²) in [5.74, 6) is -0.343. The monoisotopic (exact) mass is 508 g/mol. The second-order valence-corrected chi connectivity index (χ2v) is 10.9. The van der Waals surface area contributed by atoms with Gasteiger partial charge in [-0.25, -0.2) is 8.42 Å². The maximum Gasteiger partial charge on any atom is 0.197 e. The molecule has 4 aromatic rings. The molecular formula is C22H15Cl3N2O2S2. The third-order valence-electron chi connectivity index (χ3n) is 4.42. The zero-order valence-electron chi connectivity index (χ0n) is 15.8. The van der Waals surface area contributed by atoms with Crippen LogP contribution in [-0.4, -0.2) is 19.3 Å². The molecule has 1 aromatic heterocycles. The predicted octanol–water partition coefficient (Wildman–Crippen LogP) is 7.19. The number of nitrogens with one attached hydrogen (secondary N) is 1. The highest BCUT2D eigenvalue weighted by atomic mass is 35.5. The average molecular weight is 510 g/mol. The van der Waals surface area contributed by atoms with Gasteiger partial charge in [0.05, 0.1) is 25.5 Å². The Bertz CT molecular complexity index is 1360. The number of pyridine rings is 1. The summed E-state index contributed by atoms with van der Waals surface area (Å²) in [4.78, 5) is 6.08. The molecule has 1 heterocycles. The van der Waals surface area contributed by atoms with E-state index in [0.717, 1.165) is 15.8 Å². The van der Waals surface area contributed by atoms with Crippen molar-refractivity contribution in [3.05, 3.63) is 88.0 Å². The number of nitrogens with zero attached hydrogens (tertiary/aromatic N) is 1. The van der Waals surface area contributed by atoms with Crippen molar-refractivity contribution < 1.29 is 8.42 Å². The number of para-hydroxylation sites is 1. The lowest BCUT2D eigenvalue weighted by molar-refractivity contribution is 0.598. The Labute approximate surface area is 199 Å². The number of anilines is 1. The summed E-state index contributed by atoms with van der Waals surface area (Å²) in [6, 6.07) is 19.4. The van der Waals surface area contributed by atoms with E-state index in [-0.39, 0.29) is 15.8 Å². The summed E-state index contributed by atoms with van der Waals surface area (Å²) in [6.45, 7) is 0. The number of halogens is 3. The first-order valence-electron chi connectivity index (χ1n) is 9.06. The van der Waals surface area contributed by atoms with Crippen molar-refractivity contribution in [3.63, 3.8) is 0 Å². The number of hydrogen-bond donors (Lipinski definition) is 1. The number of aromatic nitrogens is 1. The van der Waals surface area contributed by atoms with Crippen LogP contribution in [0.2, 0.25) is 15.1 Å². The molecule has 0 amide bonds. The van der Waals surface area contributed by atoms with Crippen LogP contribution in [0.4, 0.5) is 5.69 Å². The van der Waals surface area contributed by atoms with Crippen molar-refractivity contribution in [3.8, 4) is 0 Å². The molecule has 158 valence electrons. The normalized spacial score (nSPS) is 11.6. The topological polar surface area (TPSA) is 59.1 Å². The molecule has 0 saturated carbocycles. The highest BCUT2D eigenvalue weighted by molar-refractivity contribution is 7.99. The summed E-state index contributed by atoms with van der Waals surface area (Å²) >= 11 is 20.3. The van der Waals surface area contributed by atoms with Crippen LogP contribution >= 0.6 is 46.6 Å². The first-order valence-corrected chi connectivity index (χ1v) is 12.7. The maximum atomic E-state index is 12.6. The van der Waals surface area contributed by atoms with E-state index in [9.17, 15) is 8.42 Å². The van der Waals surface area contributed by atoms with Crippen LogP contribution in [0, 0.1) is 0 Å². The fraction of sp³-hybridized carbons (Fsp3) is 0.0455. The molecule has 0 atom stereocenters. The van der Waals surface area contributed by atoms with Crippen LogP contribution in [0.3, 0.4) is 0 Å². The molecule has 1 N–H and O–H groups in total. The summed E-state index contributed by atoms with van der Waals surface area (Å²) in [5, 5.41) is 4.88. The molecule has 0 spiro atoms.